The van der Waals surface area contributed by atoms with Crippen LogP contribution in [-0.4, -0.2) is 15.9 Å². The molecule has 0 radical (unpaired) electrons. The van der Waals surface area contributed by atoms with Gasteiger partial charge in [0.2, 0.25) is 0 Å². The summed E-state index contributed by atoms with van der Waals surface area (Å²) in [5.41, 5.74) is 1.49. The summed E-state index contributed by atoms with van der Waals surface area (Å²) in [7, 11) is 0. The first-order valence-electron chi connectivity index (χ1n) is 6.53. The Bertz CT molecular complexity index is 790. The number of esters is 1. The first-order valence-corrected chi connectivity index (χ1v) is 8.20. The van der Waals surface area contributed by atoms with Crippen LogP contribution in [0.2, 0.25) is 0 Å². The predicted octanol–water partition coefficient (Wildman–Crippen LogP) is 4.12. The van der Waals surface area contributed by atoms with Crippen molar-refractivity contribution in [2.75, 3.05) is 0 Å². The Morgan fingerprint density at radius 2 is 2.00 bits per heavy atom. The number of hydrogen-bond acceptors (Lipinski definition) is 5. The van der Waals surface area contributed by atoms with Gasteiger partial charge in [0, 0.05) is 11.6 Å². The molecule has 0 atom stereocenters. The van der Waals surface area contributed by atoms with E-state index in [0.717, 1.165) is 15.2 Å². The molecule has 0 unspecified atom stereocenters. The number of para-hydroxylation sites is 1. The topological polar surface area (TPSA) is 52.1 Å². The molecule has 0 aliphatic heterocycles. The highest BCUT2D eigenvalue weighted by Gasteiger charge is 2.12. The van der Waals surface area contributed by atoms with Gasteiger partial charge in [0.15, 0.2) is 0 Å². The molecule has 0 aliphatic carbocycles. The van der Waals surface area contributed by atoms with Gasteiger partial charge in [-0.2, -0.15) is 0 Å². The van der Waals surface area contributed by atoms with E-state index in [9.17, 15) is 4.79 Å². The lowest BCUT2D eigenvalue weighted by molar-refractivity contribution is -0.133. The molecule has 0 N–H and O–H groups in total. The Labute approximate surface area is 139 Å². The molecule has 1 aromatic carbocycles. The van der Waals surface area contributed by atoms with E-state index in [1.54, 1.807) is 12.3 Å². The van der Waals surface area contributed by atoms with E-state index < -0.39 is 0 Å². The normalized spacial score (nSPS) is 10.4. The standard InChI is InChI=1S/C16H11BrN2O2S/c17-12-5-1-2-7-14(12)21-15(20)9-11-10-22-16(19-11)13-6-3-4-8-18-13/h1-8,10H,9H2. The molecule has 0 aliphatic rings. The van der Waals surface area contributed by atoms with Crippen molar-refractivity contribution in [1.29, 1.82) is 0 Å². The minimum absolute atomic E-state index is 0.130. The molecule has 0 saturated carbocycles. The van der Waals surface area contributed by atoms with Crippen LogP contribution in [-0.2, 0) is 11.2 Å². The fourth-order valence-corrected chi connectivity index (χ4v) is 2.99. The largest absolute Gasteiger partial charge is 0.425 e. The zero-order chi connectivity index (χ0) is 15.4. The third-order valence-corrected chi connectivity index (χ3v) is 4.39. The van der Waals surface area contributed by atoms with Gasteiger partial charge in [-0.1, -0.05) is 18.2 Å². The summed E-state index contributed by atoms with van der Waals surface area (Å²) >= 11 is 4.81. The summed E-state index contributed by atoms with van der Waals surface area (Å²) in [6, 6.07) is 12.9. The summed E-state index contributed by atoms with van der Waals surface area (Å²) in [6.45, 7) is 0. The van der Waals surface area contributed by atoms with Crippen LogP contribution in [0.5, 0.6) is 5.75 Å². The fraction of sp³-hybridized carbons (Fsp3) is 0.0625. The third kappa shape index (κ3) is 3.58. The van der Waals surface area contributed by atoms with Crippen molar-refractivity contribution < 1.29 is 9.53 Å². The van der Waals surface area contributed by atoms with E-state index >= 15 is 0 Å². The number of halogens is 1. The molecule has 0 amide bonds. The number of thiazole rings is 1. The Hall–Kier alpha value is -2.05. The summed E-state index contributed by atoms with van der Waals surface area (Å²) in [5.74, 6) is 0.164. The molecule has 4 nitrogen and oxygen atoms in total. The van der Waals surface area contributed by atoms with Gasteiger partial charge < -0.3 is 4.74 Å². The van der Waals surface area contributed by atoms with E-state index in [0.29, 0.717) is 11.4 Å². The van der Waals surface area contributed by atoms with Crippen LogP contribution >= 0.6 is 27.3 Å². The van der Waals surface area contributed by atoms with E-state index in [-0.39, 0.29) is 12.4 Å². The second-order valence-corrected chi connectivity index (χ2v) is 6.15. The first kappa shape index (κ1) is 14.9. The van der Waals surface area contributed by atoms with Gasteiger partial charge in [-0.05, 0) is 40.2 Å². The minimum Gasteiger partial charge on any atom is -0.425 e. The molecule has 0 fully saturated rings. The lowest BCUT2D eigenvalue weighted by Crippen LogP contribution is -2.11. The number of carbonyl (C=O) groups is 1. The highest BCUT2D eigenvalue weighted by atomic mass is 79.9. The zero-order valence-electron chi connectivity index (χ0n) is 11.4. The van der Waals surface area contributed by atoms with Crippen molar-refractivity contribution >= 4 is 33.2 Å². The van der Waals surface area contributed by atoms with Gasteiger partial charge in [0.25, 0.3) is 0 Å². The van der Waals surface area contributed by atoms with Crippen molar-refractivity contribution in [1.82, 2.24) is 9.97 Å². The van der Waals surface area contributed by atoms with Crippen LogP contribution in [0.3, 0.4) is 0 Å². The van der Waals surface area contributed by atoms with E-state index in [1.165, 1.54) is 11.3 Å². The van der Waals surface area contributed by atoms with Crippen LogP contribution in [0.1, 0.15) is 5.69 Å². The first-order chi connectivity index (χ1) is 10.7. The van der Waals surface area contributed by atoms with Gasteiger partial charge in [0.1, 0.15) is 10.8 Å². The number of aromatic nitrogens is 2. The average molecular weight is 375 g/mol. The molecule has 22 heavy (non-hydrogen) atoms. The maximum Gasteiger partial charge on any atom is 0.317 e. The van der Waals surface area contributed by atoms with E-state index in [1.807, 2.05) is 41.8 Å². The molecule has 2 aromatic heterocycles. The monoisotopic (exact) mass is 374 g/mol. The molecule has 3 rings (SSSR count). The van der Waals surface area contributed by atoms with E-state index in [2.05, 4.69) is 25.9 Å². The van der Waals surface area contributed by atoms with E-state index in [4.69, 9.17) is 4.74 Å². The van der Waals surface area contributed by atoms with Gasteiger partial charge in [-0.25, -0.2) is 4.98 Å². The van der Waals surface area contributed by atoms with Gasteiger partial charge in [-0.3, -0.25) is 9.78 Å². The summed E-state index contributed by atoms with van der Waals surface area (Å²) in [4.78, 5) is 20.7. The SMILES string of the molecule is O=C(Cc1csc(-c2ccccn2)n1)Oc1ccccc1Br. The Kier molecular flexibility index (Phi) is 4.60. The maximum absolute atomic E-state index is 12.0. The number of rotatable bonds is 4. The number of hydrogen-bond donors (Lipinski definition) is 0. The lowest BCUT2D eigenvalue weighted by Gasteiger charge is -2.04. The lowest BCUT2D eigenvalue weighted by atomic mass is 10.3. The van der Waals surface area contributed by atoms with Crippen molar-refractivity contribution in [3.05, 3.63) is 64.2 Å². The number of benzene rings is 1. The summed E-state index contributed by atoms with van der Waals surface area (Å²) < 4.78 is 6.07. The smallest absolute Gasteiger partial charge is 0.317 e. The summed E-state index contributed by atoms with van der Waals surface area (Å²) in [5, 5.41) is 2.65. The van der Waals surface area contributed by atoms with Gasteiger partial charge >= 0.3 is 5.97 Å². The zero-order valence-corrected chi connectivity index (χ0v) is 13.8. The molecule has 0 saturated heterocycles. The van der Waals surface area contributed by atoms with Gasteiger partial charge in [0.05, 0.1) is 22.3 Å². The quantitative estimate of drug-likeness (QED) is 0.509. The Morgan fingerprint density at radius 3 is 2.77 bits per heavy atom. The molecule has 110 valence electrons. The maximum atomic E-state index is 12.0. The van der Waals surface area contributed by atoms with Crippen molar-refractivity contribution in [3.63, 3.8) is 0 Å². The molecule has 0 spiro atoms. The number of pyridine rings is 1. The Morgan fingerprint density at radius 1 is 1.18 bits per heavy atom. The highest BCUT2D eigenvalue weighted by molar-refractivity contribution is 9.10. The molecule has 3 aromatic rings. The van der Waals surface area contributed by atoms with Crippen LogP contribution in [0.25, 0.3) is 10.7 Å². The fourth-order valence-electron chi connectivity index (χ4n) is 1.83. The molecular formula is C16H11BrN2O2S. The Balaban J connectivity index is 1.68. The molecular weight excluding hydrogens is 364 g/mol. The average Bonchev–Trinajstić information content (AvgIpc) is 2.99. The van der Waals surface area contributed by atoms with Crippen molar-refractivity contribution in [2.24, 2.45) is 0 Å². The number of nitrogens with zero attached hydrogens (tertiary/aromatic N) is 2. The molecule has 0 bridgehead atoms. The second kappa shape index (κ2) is 6.81. The third-order valence-electron chi connectivity index (χ3n) is 2.82. The molecule has 2 heterocycles. The van der Waals surface area contributed by atoms with Gasteiger partial charge in [-0.15, -0.1) is 11.3 Å². The minimum atomic E-state index is -0.343. The van der Waals surface area contributed by atoms with Crippen LogP contribution in [0.4, 0.5) is 0 Å². The molecule has 6 heteroatoms. The second-order valence-electron chi connectivity index (χ2n) is 4.44. The van der Waals surface area contributed by atoms with Crippen molar-refractivity contribution in [3.8, 4) is 16.5 Å². The number of ether oxygens (including phenoxy) is 1. The highest BCUT2D eigenvalue weighted by Crippen LogP contribution is 2.25. The van der Waals surface area contributed by atoms with Crippen LogP contribution in [0, 0.1) is 0 Å². The van der Waals surface area contributed by atoms with Crippen molar-refractivity contribution in [2.45, 2.75) is 6.42 Å². The predicted molar refractivity (Wildman–Crippen MR) is 88.8 cm³/mol. The summed E-state index contributed by atoms with van der Waals surface area (Å²) in [6.07, 6.45) is 1.85. The van der Waals surface area contributed by atoms with Crippen LogP contribution in [0.15, 0.2) is 58.5 Å². The number of carbonyl (C=O) groups excluding carboxylic acids is 1. The van der Waals surface area contributed by atoms with Crippen LogP contribution < -0.4 is 4.74 Å².